The first-order chi connectivity index (χ1) is 8.16. The van der Waals surface area contributed by atoms with E-state index in [2.05, 4.69) is 36.6 Å². The van der Waals surface area contributed by atoms with Crippen molar-refractivity contribution in [2.45, 2.75) is 26.7 Å². The van der Waals surface area contributed by atoms with Crippen molar-refractivity contribution >= 4 is 11.6 Å². The third-order valence-corrected chi connectivity index (χ3v) is 3.19. The van der Waals surface area contributed by atoms with Crippen molar-refractivity contribution in [3.05, 3.63) is 29.3 Å². The van der Waals surface area contributed by atoms with Crippen molar-refractivity contribution in [3.63, 3.8) is 0 Å². The number of anilines is 1. The lowest BCUT2D eigenvalue weighted by Gasteiger charge is -2.12. The number of nitrogens with one attached hydrogen (secondary N) is 2. The first-order valence-electron chi connectivity index (χ1n) is 6.23. The summed E-state index contributed by atoms with van der Waals surface area (Å²) in [7, 11) is 0. The molecular weight excluding hydrogens is 212 g/mol. The Labute approximate surface area is 103 Å². The highest BCUT2D eigenvalue weighted by Gasteiger charge is 2.21. The predicted molar refractivity (Wildman–Crippen MR) is 70.1 cm³/mol. The van der Waals surface area contributed by atoms with Gasteiger partial charge in [0, 0.05) is 12.2 Å². The van der Waals surface area contributed by atoms with Crippen LogP contribution in [-0.2, 0) is 4.79 Å². The van der Waals surface area contributed by atoms with Crippen LogP contribution >= 0.6 is 0 Å². The molecule has 1 saturated carbocycles. The molecule has 0 radical (unpaired) electrons. The van der Waals surface area contributed by atoms with Crippen LogP contribution in [0.25, 0.3) is 0 Å². The van der Waals surface area contributed by atoms with E-state index in [4.69, 9.17) is 0 Å². The molecule has 0 aromatic heterocycles. The largest absolute Gasteiger partial charge is 0.376 e. The Hall–Kier alpha value is -1.51. The summed E-state index contributed by atoms with van der Waals surface area (Å²) < 4.78 is 0. The molecular formula is C14H20N2O. The van der Waals surface area contributed by atoms with Crippen molar-refractivity contribution < 1.29 is 4.79 Å². The van der Waals surface area contributed by atoms with Crippen LogP contribution in [0.5, 0.6) is 0 Å². The molecule has 0 atom stereocenters. The van der Waals surface area contributed by atoms with Crippen molar-refractivity contribution in [2.24, 2.45) is 5.92 Å². The Bertz CT molecular complexity index is 390. The van der Waals surface area contributed by atoms with Gasteiger partial charge in [-0.1, -0.05) is 18.2 Å². The number of benzene rings is 1. The Kier molecular flexibility index (Phi) is 3.67. The zero-order valence-corrected chi connectivity index (χ0v) is 10.5. The van der Waals surface area contributed by atoms with Crippen molar-refractivity contribution in [2.75, 3.05) is 18.4 Å². The molecule has 1 fully saturated rings. The zero-order chi connectivity index (χ0) is 12.3. The molecule has 0 spiro atoms. The van der Waals surface area contributed by atoms with Gasteiger partial charge in [-0.15, -0.1) is 0 Å². The fourth-order valence-electron chi connectivity index (χ4n) is 1.90. The number of amides is 1. The summed E-state index contributed by atoms with van der Waals surface area (Å²) in [4.78, 5) is 11.6. The maximum atomic E-state index is 11.6. The van der Waals surface area contributed by atoms with E-state index in [1.807, 2.05) is 6.07 Å². The normalized spacial score (nSPS) is 14.5. The predicted octanol–water partition coefficient (Wildman–Crippen LogP) is 2.24. The second kappa shape index (κ2) is 5.21. The Morgan fingerprint density at radius 2 is 1.94 bits per heavy atom. The lowest BCUT2D eigenvalue weighted by Crippen LogP contribution is -2.31. The monoisotopic (exact) mass is 232 g/mol. The highest BCUT2D eigenvalue weighted by Crippen LogP contribution is 2.27. The summed E-state index contributed by atoms with van der Waals surface area (Å²) in [6.45, 7) is 5.31. The van der Waals surface area contributed by atoms with E-state index in [1.165, 1.54) is 24.0 Å². The van der Waals surface area contributed by atoms with E-state index in [1.54, 1.807) is 0 Å². The Morgan fingerprint density at radius 3 is 2.53 bits per heavy atom. The van der Waals surface area contributed by atoms with Gasteiger partial charge >= 0.3 is 0 Å². The highest BCUT2D eigenvalue weighted by atomic mass is 16.1. The van der Waals surface area contributed by atoms with Crippen LogP contribution in [-0.4, -0.2) is 19.0 Å². The molecule has 3 nitrogen and oxygen atoms in total. The lowest BCUT2D eigenvalue weighted by molar-refractivity contribution is -0.119. The quantitative estimate of drug-likeness (QED) is 0.817. The van der Waals surface area contributed by atoms with E-state index in [-0.39, 0.29) is 5.91 Å². The van der Waals surface area contributed by atoms with E-state index in [9.17, 15) is 4.79 Å². The number of rotatable bonds is 5. The number of para-hydroxylation sites is 1. The first-order valence-corrected chi connectivity index (χ1v) is 6.23. The fourth-order valence-corrected chi connectivity index (χ4v) is 1.90. The fraction of sp³-hybridized carbons (Fsp3) is 0.500. The summed E-state index contributed by atoms with van der Waals surface area (Å²) in [6, 6.07) is 6.14. The molecule has 0 bridgehead atoms. The van der Waals surface area contributed by atoms with Crippen LogP contribution in [0.3, 0.4) is 0 Å². The molecule has 0 saturated heterocycles. The average Bonchev–Trinajstić information content (AvgIpc) is 3.09. The molecule has 17 heavy (non-hydrogen) atoms. The number of carbonyl (C=O) groups excluding carboxylic acids is 1. The second-order valence-electron chi connectivity index (χ2n) is 4.87. The van der Waals surface area contributed by atoms with Crippen LogP contribution in [0.15, 0.2) is 18.2 Å². The van der Waals surface area contributed by atoms with Gasteiger partial charge in [-0.25, -0.2) is 0 Å². The zero-order valence-electron chi connectivity index (χ0n) is 10.5. The minimum Gasteiger partial charge on any atom is -0.376 e. The van der Waals surface area contributed by atoms with Crippen molar-refractivity contribution in [3.8, 4) is 0 Å². The van der Waals surface area contributed by atoms with E-state index >= 15 is 0 Å². The van der Waals surface area contributed by atoms with Crippen LogP contribution in [0, 0.1) is 19.8 Å². The Balaban J connectivity index is 1.81. The van der Waals surface area contributed by atoms with Gasteiger partial charge in [-0.2, -0.15) is 0 Å². The number of aryl methyl sites for hydroxylation is 2. The summed E-state index contributed by atoms with van der Waals surface area (Å²) in [5.41, 5.74) is 3.44. The maximum absolute atomic E-state index is 11.6. The van der Waals surface area contributed by atoms with Gasteiger partial charge in [-0.3, -0.25) is 4.79 Å². The third kappa shape index (κ3) is 3.48. The van der Waals surface area contributed by atoms with Gasteiger partial charge in [0.2, 0.25) is 5.91 Å². The Morgan fingerprint density at radius 1 is 1.29 bits per heavy atom. The van der Waals surface area contributed by atoms with Crippen LogP contribution in [0.2, 0.25) is 0 Å². The molecule has 2 N–H and O–H groups in total. The lowest BCUT2D eigenvalue weighted by atomic mass is 10.1. The summed E-state index contributed by atoms with van der Waals surface area (Å²) in [5.74, 6) is 0.818. The van der Waals surface area contributed by atoms with Gasteiger partial charge in [0.25, 0.3) is 0 Å². The van der Waals surface area contributed by atoms with Crippen LogP contribution in [0.1, 0.15) is 24.0 Å². The summed E-state index contributed by atoms with van der Waals surface area (Å²) >= 11 is 0. The topological polar surface area (TPSA) is 41.1 Å². The molecule has 1 aromatic rings. The maximum Gasteiger partial charge on any atom is 0.239 e. The van der Waals surface area contributed by atoms with E-state index < -0.39 is 0 Å². The van der Waals surface area contributed by atoms with Gasteiger partial charge in [-0.05, 0) is 43.7 Å². The number of hydrogen-bond donors (Lipinski definition) is 2. The molecule has 1 aliphatic carbocycles. The standard InChI is InChI=1S/C14H20N2O/c1-10-4-3-5-11(2)14(10)16-9-13(17)15-8-12-6-7-12/h3-5,12,16H,6-9H2,1-2H3,(H,15,17). The highest BCUT2D eigenvalue weighted by molar-refractivity contribution is 5.81. The number of carbonyl (C=O) groups is 1. The van der Waals surface area contributed by atoms with Gasteiger partial charge in [0.1, 0.15) is 0 Å². The SMILES string of the molecule is Cc1cccc(C)c1NCC(=O)NCC1CC1. The number of hydrogen-bond acceptors (Lipinski definition) is 2. The molecule has 1 aromatic carbocycles. The average molecular weight is 232 g/mol. The van der Waals surface area contributed by atoms with E-state index in [0.29, 0.717) is 6.54 Å². The summed E-state index contributed by atoms with van der Waals surface area (Å²) in [6.07, 6.45) is 2.54. The van der Waals surface area contributed by atoms with Gasteiger partial charge in [0.05, 0.1) is 6.54 Å². The van der Waals surface area contributed by atoms with Crippen LogP contribution in [0.4, 0.5) is 5.69 Å². The molecule has 3 heteroatoms. The molecule has 92 valence electrons. The smallest absolute Gasteiger partial charge is 0.239 e. The molecule has 1 aliphatic rings. The van der Waals surface area contributed by atoms with Crippen LogP contribution < -0.4 is 10.6 Å². The van der Waals surface area contributed by atoms with E-state index in [0.717, 1.165) is 18.2 Å². The molecule has 1 amide bonds. The van der Waals surface area contributed by atoms with Gasteiger partial charge in [0.15, 0.2) is 0 Å². The minimum absolute atomic E-state index is 0.0829. The third-order valence-electron chi connectivity index (χ3n) is 3.19. The van der Waals surface area contributed by atoms with Crippen molar-refractivity contribution in [1.29, 1.82) is 0 Å². The molecule has 0 unspecified atom stereocenters. The molecule has 0 aliphatic heterocycles. The summed E-state index contributed by atoms with van der Waals surface area (Å²) in [5, 5.41) is 6.17. The second-order valence-corrected chi connectivity index (χ2v) is 4.87. The first kappa shape index (κ1) is 12.0. The molecule has 2 rings (SSSR count). The van der Waals surface area contributed by atoms with Crippen molar-refractivity contribution in [1.82, 2.24) is 5.32 Å². The van der Waals surface area contributed by atoms with Gasteiger partial charge < -0.3 is 10.6 Å². The minimum atomic E-state index is 0.0829. The molecule has 0 heterocycles.